The first-order valence-electron chi connectivity index (χ1n) is 6.51. The summed E-state index contributed by atoms with van der Waals surface area (Å²) >= 11 is 1.61. The molecule has 1 heterocycles. The van der Waals surface area contributed by atoms with Crippen LogP contribution in [-0.4, -0.2) is 47.3 Å². The smallest absolute Gasteiger partial charge is 0.320 e. The molecule has 108 valence electrons. The number of hydrogen-bond donors (Lipinski definition) is 2. The molecule has 2 N–H and O–H groups in total. The minimum Gasteiger partial charge on any atom is -0.480 e. The molecular formula is C14H18N2O3S. The molecule has 1 atom stereocenters. The van der Waals surface area contributed by atoms with Crippen molar-refractivity contribution < 1.29 is 14.7 Å². The van der Waals surface area contributed by atoms with Crippen molar-refractivity contribution in [2.45, 2.75) is 23.8 Å². The Hall–Kier alpha value is -1.53. The fourth-order valence-corrected chi connectivity index (χ4v) is 2.84. The molecule has 1 aromatic rings. The number of benzene rings is 1. The lowest BCUT2D eigenvalue weighted by Crippen LogP contribution is -2.40. The van der Waals surface area contributed by atoms with Gasteiger partial charge in [-0.2, -0.15) is 0 Å². The van der Waals surface area contributed by atoms with E-state index >= 15 is 0 Å². The summed E-state index contributed by atoms with van der Waals surface area (Å²) in [6.45, 7) is 0.787. The van der Waals surface area contributed by atoms with Crippen LogP contribution in [0, 0.1) is 0 Å². The second-order valence-corrected chi connectivity index (χ2v) is 5.63. The second-order valence-electron chi connectivity index (χ2n) is 4.75. The minimum atomic E-state index is -0.848. The standard InChI is InChI=1S/C14H18N2O3S/c1-20-11-5-2-4-10(8-11)15-13(17)9-16-7-3-6-12(16)14(18)19/h2,4-5,8,12H,3,6-7,9H2,1H3,(H,15,17)(H,18,19)/t12-/m0/s1. The van der Waals surface area contributed by atoms with Crippen molar-refractivity contribution in [3.8, 4) is 0 Å². The molecule has 1 aromatic carbocycles. The third-order valence-electron chi connectivity index (χ3n) is 3.35. The number of thioether (sulfide) groups is 1. The number of aliphatic carboxylic acids is 1. The Balaban J connectivity index is 1.93. The van der Waals surface area contributed by atoms with E-state index in [4.69, 9.17) is 5.11 Å². The first-order valence-corrected chi connectivity index (χ1v) is 7.73. The van der Waals surface area contributed by atoms with E-state index in [-0.39, 0.29) is 12.5 Å². The zero-order chi connectivity index (χ0) is 14.5. The zero-order valence-electron chi connectivity index (χ0n) is 11.3. The molecule has 2 rings (SSSR count). The van der Waals surface area contributed by atoms with Crippen LogP contribution < -0.4 is 5.32 Å². The Kier molecular flexibility index (Phi) is 5.03. The van der Waals surface area contributed by atoms with E-state index in [1.54, 1.807) is 16.7 Å². The van der Waals surface area contributed by atoms with Crippen LogP contribution in [0.5, 0.6) is 0 Å². The van der Waals surface area contributed by atoms with Crippen LogP contribution in [0.4, 0.5) is 5.69 Å². The Morgan fingerprint density at radius 3 is 3.00 bits per heavy atom. The van der Waals surface area contributed by atoms with Crippen LogP contribution in [0.15, 0.2) is 29.2 Å². The number of carbonyl (C=O) groups excluding carboxylic acids is 1. The van der Waals surface area contributed by atoms with Crippen molar-refractivity contribution in [2.24, 2.45) is 0 Å². The molecule has 6 heteroatoms. The van der Waals surface area contributed by atoms with E-state index in [0.29, 0.717) is 13.0 Å². The van der Waals surface area contributed by atoms with E-state index in [1.165, 1.54) is 0 Å². The topological polar surface area (TPSA) is 69.6 Å². The highest BCUT2D eigenvalue weighted by atomic mass is 32.2. The Labute approximate surface area is 122 Å². The summed E-state index contributed by atoms with van der Waals surface area (Å²) in [6, 6.07) is 7.06. The molecule has 1 aliphatic rings. The van der Waals surface area contributed by atoms with Gasteiger partial charge in [-0.1, -0.05) is 6.07 Å². The van der Waals surface area contributed by atoms with E-state index in [0.717, 1.165) is 17.0 Å². The zero-order valence-corrected chi connectivity index (χ0v) is 12.2. The fraction of sp³-hybridized carbons (Fsp3) is 0.429. The van der Waals surface area contributed by atoms with Gasteiger partial charge in [0.15, 0.2) is 0 Å². The van der Waals surface area contributed by atoms with Gasteiger partial charge >= 0.3 is 5.97 Å². The predicted octanol–water partition coefficient (Wildman–Crippen LogP) is 1.90. The number of carboxylic acids is 1. The fourth-order valence-electron chi connectivity index (χ4n) is 2.38. The molecule has 0 bridgehead atoms. The second kappa shape index (κ2) is 6.76. The first kappa shape index (κ1) is 14.9. The molecule has 0 spiro atoms. The third-order valence-corrected chi connectivity index (χ3v) is 4.07. The van der Waals surface area contributed by atoms with Gasteiger partial charge in [0.05, 0.1) is 6.54 Å². The van der Waals surface area contributed by atoms with Crippen LogP contribution in [0.3, 0.4) is 0 Å². The van der Waals surface area contributed by atoms with Gasteiger partial charge in [0, 0.05) is 10.6 Å². The van der Waals surface area contributed by atoms with Crippen molar-refractivity contribution in [3.63, 3.8) is 0 Å². The molecule has 1 amide bonds. The first-order chi connectivity index (χ1) is 9.60. The van der Waals surface area contributed by atoms with Gasteiger partial charge in [-0.05, 0) is 43.8 Å². The number of anilines is 1. The van der Waals surface area contributed by atoms with Gasteiger partial charge in [0.2, 0.25) is 5.91 Å². The van der Waals surface area contributed by atoms with Crippen molar-refractivity contribution >= 4 is 29.3 Å². The number of amides is 1. The van der Waals surface area contributed by atoms with Gasteiger partial charge in [-0.3, -0.25) is 14.5 Å². The highest BCUT2D eigenvalue weighted by Gasteiger charge is 2.31. The monoisotopic (exact) mass is 294 g/mol. The summed E-state index contributed by atoms with van der Waals surface area (Å²) in [6.07, 6.45) is 3.42. The molecule has 0 radical (unpaired) electrons. The Morgan fingerprint density at radius 2 is 2.30 bits per heavy atom. The molecule has 0 aromatic heterocycles. The molecule has 0 aliphatic carbocycles. The number of likely N-dealkylation sites (tertiary alicyclic amines) is 1. The summed E-state index contributed by atoms with van der Waals surface area (Å²) in [5, 5.41) is 11.9. The molecule has 1 fully saturated rings. The summed E-state index contributed by atoms with van der Waals surface area (Å²) in [5.74, 6) is -1.02. The molecular weight excluding hydrogens is 276 g/mol. The van der Waals surface area contributed by atoms with Crippen molar-refractivity contribution in [2.75, 3.05) is 24.7 Å². The maximum atomic E-state index is 12.0. The lowest BCUT2D eigenvalue weighted by atomic mass is 10.2. The van der Waals surface area contributed by atoms with E-state index in [2.05, 4.69) is 5.32 Å². The van der Waals surface area contributed by atoms with E-state index in [9.17, 15) is 9.59 Å². The van der Waals surface area contributed by atoms with Crippen LogP contribution in [0.1, 0.15) is 12.8 Å². The van der Waals surface area contributed by atoms with Crippen molar-refractivity contribution in [3.05, 3.63) is 24.3 Å². The average Bonchev–Trinajstić information content (AvgIpc) is 2.87. The van der Waals surface area contributed by atoms with E-state index < -0.39 is 12.0 Å². The molecule has 5 nitrogen and oxygen atoms in total. The highest BCUT2D eigenvalue weighted by Crippen LogP contribution is 2.20. The van der Waals surface area contributed by atoms with Crippen LogP contribution in [-0.2, 0) is 9.59 Å². The van der Waals surface area contributed by atoms with Crippen molar-refractivity contribution in [1.29, 1.82) is 0 Å². The number of rotatable bonds is 5. The summed E-state index contributed by atoms with van der Waals surface area (Å²) in [7, 11) is 0. The largest absolute Gasteiger partial charge is 0.480 e. The number of carbonyl (C=O) groups is 2. The molecule has 1 aliphatic heterocycles. The number of carboxylic acid groups (broad SMARTS) is 1. The molecule has 1 saturated heterocycles. The molecule has 20 heavy (non-hydrogen) atoms. The van der Waals surface area contributed by atoms with Crippen LogP contribution >= 0.6 is 11.8 Å². The number of nitrogens with one attached hydrogen (secondary N) is 1. The third kappa shape index (κ3) is 3.74. The normalized spacial score (nSPS) is 18.9. The summed E-state index contributed by atoms with van der Waals surface area (Å²) in [5.41, 5.74) is 0.743. The summed E-state index contributed by atoms with van der Waals surface area (Å²) in [4.78, 5) is 25.8. The summed E-state index contributed by atoms with van der Waals surface area (Å²) < 4.78 is 0. The molecule has 0 unspecified atom stereocenters. The van der Waals surface area contributed by atoms with Crippen molar-refractivity contribution in [1.82, 2.24) is 4.90 Å². The van der Waals surface area contributed by atoms with Gasteiger partial charge < -0.3 is 10.4 Å². The van der Waals surface area contributed by atoms with Crippen LogP contribution in [0.2, 0.25) is 0 Å². The number of nitrogens with zero attached hydrogens (tertiary/aromatic N) is 1. The minimum absolute atomic E-state index is 0.125. The maximum absolute atomic E-state index is 12.0. The Morgan fingerprint density at radius 1 is 1.50 bits per heavy atom. The van der Waals surface area contributed by atoms with Gasteiger partial charge in [-0.15, -0.1) is 11.8 Å². The SMILES string of the molecule is CSc1cccc(NC(=O)CN2CCC[C@H]2C(=O)O)c1. The number of hydrogen-bond acceptors (Lipinski definition) is 4. The lowest BCUT2D eigenvalue weighted by molar-refractivity contribution is -0.142. The van der Waals surface area contributed by atoms with Gasteiger partial charge in [0.25, 0.3) is 0 Å². The predicted molar refractivity (Wildman–Crippen MR) is 79.1 cm³/mol. The van der Waals surface area contributed by atoms with E-state index in [1.807, 2.05) is 30.5 Å². The average molecular weight is 294 g/mol. The van der Waals surface area contributed by atoms with Crippen LogP contribution in [0.25, 0.3) is 0 Å². The quantitative estimate of drug-likeness (QED) is 0.812. The molecule has 0 saturated carbocycles. The maximum Gasteiger partial charge on any atom is 0.320 e. The van der Waals surface area contributed by atoms with Gasteiger partial charge in [0.1, 0.15) is 6.04 Å². The van der Waals surface area contributed by atoms with Gasteiger partial charge in [-0.25, -0.2) is 0 Å². The lowest BCUT2D eigenvalue weighted by Gasteiger charge is -2.20. The Bertz CT molecular complexity index is 507. The highest BCUT2D eigenvalue weighted by molar-refractivity contribution is 7.98.